The van der Waals surface area contributed by atoms with Crippen LogP contribution in [0.2, 0.25) is 0 Å². The van der Waals surface area contributed by atoms with Gasteiger partial charge in [0.15, 0.2) is 0 Å². The molecule has 102 valence electrons. The first-order valence-corrected chi connectivity index (χ1v) is 7.08. The van der Waals surface area contributed by atoms with Crippen molar-refractivity contribution in [3.63, 3.8) is 0 Å². The number of benzene rings is 1. The van der Waals surface area contributed by atoms with E-state index < -0.39 is 0 Å². The van der Waals surface area contributed by atoms with Crippen molar-refractivity contribution in [3.05, 3.63) is 24.3 Å². The van der Waals surface area contributed by atoms with E-state index in [2.05, 4.69) is 5.32 Å². The third kappa shape index (κ3) is 2.59. The lowest BCUT2D eigenvalue weighted by molar-refractivity contribution is -0.125. The van der Waals surface area contributed by atoms with Crippen molar-refractivity contribution in [2.45, 2.75) is 19.3 Å². The van der Waals surface area contributed by atoms with Crippen LogP contribution in [0.5, 0.6) is 0 Å². The summed E-state index contributed by atoms with van der Waals surface area (Å²) in [5, 5.41) is 3.39. The summed E-state index contributed by atoms with van der Waals surface area (Å²) < 4.78 is 5.35. The molecule has 2 aliphatic heterocycles. The molecule has 1 amide bonds. The Hall–Kier alpha value is -1.55. The molecular formula is C15H20N2O2. The number of nitrogens with zero attached hydrogens (tertiary/aromatic N) is 1. The van der Waals surface area contributed by atoms with Crippen LogP contribution in [0.3, 0.4) is 0 Å². The van der Waals surface area contributed by atoms with Crippen LogP contribution in [0.15, 0.2) is 24.3 Å². The number of anilines is 2. The molecule has 1 aromatic rings. The number of rotatable bonds is 1. The summed E-state index contributed by atoms with van der Waals surface area (Å²) in [6, 6.07) is 8.08. The van der Waals surface area contributed by atoms with Gasteiger partial charge in [0.2, 0.25) is 5.91 Å². The number of para-hydroxylation sites is 2. The zero-order valence-electron chi connectivity index (χ0n) is 11.1. The smallest absolute Gasteiger partial charge is 0.230 e. The molecule has 4 nitrogen and oxygen atoms in total. The Balaban J connectivity index is 1.84. The molecule has 0 saturated carbocycles. The number of carbonyl (C=O) groups is 1. The van der Waals surface area contributed by atoms with E-state index in [0.29, 0.717) is 13.2 Å². The molecule has 4 heteroatoms. The van der Waals surface area contributed by atoms with E-state index in [1.165, 1.54) is 0 Å². The van der Waals surface area contributed by atoms with Gasteiger partial charge in [-0.25, -0.2) is 0 Å². The second kappa shape index (κ2) is 5.61. The van der Waals surface area contributed by atoms with Gasteiger partial charge in [0.05, 0.1) is 11.4 Å². The Labute approximate surface area is 113 Å². The Bertz CT molecular complexity index is 455. The van der Waals surface area contributed by atoms with Crippen LogP contribution in [0.25, 0.3) is 0 Å². The first-order chi connectivity index (χ1) is 9.36. The molecule has 0 spiro atoms. The molecule has 0 atom stereocenters. The van der Waals surface area contributed by atoms with Gasteiger partial charge in [-0.3, -0.25) is 4.79 Å². The molecule has 0 aromatic heterocycles. The van der Waals surface area contributed by atoms with Crippen LogP contribution in [-0.4, -0.2) is 32.2 Å². The van der Waals surface area contributed by atoms with Gasteiger partial charge in [-0.05, 0) is 31.4 Å². The Morgan fingerprint density at radius 2 is 2.05 bits per heavy atom. The van der Waals surface area contributed by atoms with Gasteiger partial charge < -0.3 is 15.0 Å². The predicted octanol–water partition coefficient (Wildman–Crippen LogP) is 2.26. The molecule has 2 aliphatic rings. The second-order valence-electron chi connectivity index (χ2n) is 5.17. The molecule has 1 N–H and O–H groups in total. The maximum atomic E-state index is 12.7. The molecule has 1 aromatic carbocycles. The second-order valence-corrected chi connectivity index (χ2v) is 5.17. The van der Waals surface area contributed by atoms with Gasteiger partial charge in [0.1, 0.15) is 0 Å². The van der Waals surface area contributed by atoms with Crippen LogP contribution in [-0.2, 0) is 9.53 Å². The molecule has 19 heavy (non-hydrogen) atoms. The lowest BCUT2D eigenvalue weighted by Gasteiger charge is -2.29. The van der Waals surface area contributed by atoms with E-state index in [4.69, 9.17) is 4.74 Å². The van der Waals surface area contributed by atoms with Crippen molar-refractivity contribution in [3.8, 4) is 0 Å². The number of hydrogen-bond acceptors (Lipinski definition) is 3. The number of amides is 1. The Kier molecular flexibility index (Phi) is 3.69. The fourth-order valence-electron chi connectivity index (χ4n) is 2.83. The number of fused-ring (bicyclic) bond motifs is 1. The molecule has 0 radical (unpaired) electrons. The molecular weight excluding hydrogens is 240 g/mol. The summed E-state index contributed by atoms with van der Waals surface area (Å²) in [6.07, 6.45) is 2.69. The normalized spacial score (nSPS) is 20.3. The van der Waals surface area contributed by atoms with Gasteiger partial charge in [-0.2, -0.15) is 0 Å². The SMILES string of the molecule is O=C(C1CCOCC1)N1CCCNc2ccccc21. The first-order valence-electron chi connectivity index (χ1n) is 7.08. The zero-order chi connectivity index (χ0) is 13.1. The minimum atomic E-state index is 0.125. The van der Waals surface area contributed by atoms with E-state index in [-0.39, 0.29) is 11.8 Å². The predicted molar refractivity (Wildman–Crippen MR) is 75.4 cm³/mol. The zero-order valence-corrected chi connectivity index (χ0v) is 11.1. The summed E-state index contributed by atoms with van der Waals surface area (Å²) >= 11 is 0. The average Bonchev–Trinajstić information content (AvgIpc) is 2.70. The third-order valence-electron chi connectivity index (χ3n) is 3.91. The number of carbonyl (C=O) groups excluding carboxylic acids is 1. The minimum absolute atomic E-state index is 0.125. The summed E-state index contributed by atoms with van der Waals surface area (Å²) in [6.45, 7) is 3.16. The lowest BCUT2D eigenvalue weighted by atomic mass is 9.98. The third-order valence-corrected chi connectivity index (χ3v) is 3.91. The summed E-state index contributed by atoms with van der Waals surface area (Å²) in [5.74, 6) is 0.388. The summed E-state index contributed by atoms with van der Waals surface area (Å²) in [5.41, 5.74) is 2.09. The van der Waals surface area contributed by atoms with E-state index in [9.17, 15) is 4.79 Å². The van der Waals surface area contributed by atoms with E-state index in [1.807, 2.05) is 29.2 Å². The van der Waals surface area contributed by atoms with E-state index in [1.54, 1.807) is 0 Å². The molecule has 0 aliphatic carbocycles. The average molecular weight is 260 g/mol. The standard InChI is InChI=1S/C15H20N2O2/c18-15(12-6-10-19-11-7-12)17-9-3-8-16-13-4-1-2-5-14(13)17/h1-2,4-5,12,16H,3,6-11H2. The maximum Gasteiger partial charge on any atom is 0.230 e. The van der Waals surface area contributed by atoms with Crippen molar-refractivity contribution in [2.24, 2.45) is 5.92 Å². The lowest BCUT2D eigenvalue weighted by Crippen LogP contribution is -2.39. The maximum absolute atomic E-state index is 12.7. The van der Waals surface area contributed by atoms with Crippen LogP contribution in [0.4, 0.5) is 11.4 Å². The number of ether oxygens (including phenoxy) is 1. The first kappa shape index (κ1) is 12.5. The van der Waals surface area contributed by atoms with Crippen molar-refractivity contribution in [1.29, 1.82) is 0 Å². The minimum Gasteiger partial charge on any atom is -0.383 e. The Morgan fingerprint density at radius 3 is 2.89 bits per heavy atom. The van der Waals surface area contributed by atoms with Gasteiger partial charge in [-0.15, -0.1) is 0 Å². The highest BCUT2D eigenvalue weighted by molar-refractivity contribution is 5.98. The van der Waals surface area contributed by atoms with Gasteiger partial charge >= 0.3 is 0 Å². The van der Waals surface area contributed by atoms with Crippen LogP contribution < -0.4 is 10.2 Å². The van der Waals surface area contributed by atoms with Crippen molar-refractivity contribution >= 4 is 17.3 Å². The largest absolute Gasteiger partial charge is 0.383 e. The van der Waals surface area contributed by atoms with Crippen LogP contribution in [0, 0.1) is 5.92 Å². The quantitative estimate of drug-likeness (QED) is 0.842. The summed E-state index contributed by atoms with van der Waals surface area (Å²) in [7, 11) is 0. The fourth-order valence-corrected chi connectivity index (χ4v) is 2.83. The van der Waals surface area contributed by atoms with Crippen molar-refractivity contribution in [2.75, 3.05) is 36.5 Å². The highest BCUT2D eigenvalue weighted by Gasteiger charge is 2.28. The van der Waals surface area contributed by atoms with Crippen molar-refractivity contribution < 1.29 is 9.53 Å². The summed E-state index contributed by atoms with van der Waals surface area (Å²) in [4.78, 5) is 14.7. The highest BCUT2D eigenvalue weighted by atomic mass is 16.5. The molecule has 2 heterocycles. The fraction of sp³-hybridized carbons (Fsp3) is 0.533. The highest BCUT2D eigenvalue weighted by Crippen LogP contribution is 2.30. The Morgan fingerprint density at radius 1 is 1.26 bits per heavy atom. The molecule has 3 rings (SSSR count). The number of nitrogens with one attached hydrogen (secondary N) is 1. The van der Waals surface area contributed by atoms with Gasteiger partial charge in [-0.1, -0.05) is 12.1 Å². The van der Waals surface area contributed by atoms with Gasteiger partial charge in [0.25, 0.3) is 0 Å². The van der Waals surface area contributed by atoms with Crippen molar-refractivity contribution in [1.82, 2.24) is 0 Å². The molecule has 1 saturated heterocycles. The van der Waals surface area contributed by atoms with Crippen LogP contribution in [0.1, 0.15) is 19.3 Å². The molecule has 1 fully saturated rings. The van der Waals surface area contributed by atoms with E-state index >= 15 is 0 Å². The number of hydrogen-bond donors (Lipinski definition) is 1. The molecule has 0 bridgehead atoms. The van der Waals surface area contributed by atoms with E-state index in [0.717, 1.165) is 43.7 Å². The monoisotopic (exact) mass is 260 g/mol. The van der Waals surface area contributed by atoms with Crippen LogP contribution >= 0.6 is 0 Å². The molecule has 0 unspecified atom stereocenters. The topological polar surface area (TPSA) is 41.6 Å². The van der Waals surface area contributed by atoms with Gasteiger partial charge in [0, 0.05) is 32.2 Å².